The zero-order valence-corrected chi connectivity index (χ0v) is 23.1. The van der Waals surface area contributed by atoms with Gasteiger partial charge in [0.1, 0.15) is 5.92 Å². The van der Waals surface area contributed by atoms with E-state index in [1.165, 1.54) is 23.2 Å². The Balaban J connectivity index is 0.00000400. The Morgan fingerprint density at radius 2 is 1.63 bits per heavy atom. The van der Waals surface area contributed by atoms with Crippen molar-refractivity contribution in [2.75, 3.05) is 4.90 Å². The number of hydrogen-bond donors (Lipinski definition) is 1. The van der Waals surface area contributed by atoms with Gasteiger partial charge < -0.3 is 4.90 Å². The lowest BCUT2D eigenvalue weighted by molar-refractivity contribution is -0.132. The van der Waals surface area contributed by atoms with Crippen LogP contribution in [0.5, 0.6) is 0 Å². The molecule has 0 aliphatic rings. The van der Waals surface area contributed by atoms with Gasteiger partial charge in [-0.05, 0) is 73.0 Å². The zero-order valence-electron chi connectivity index (χ0n) is 20.7. The third-order valence-corrected chi connectivity index (χ3v) is 7.51. The summed E-state index contributed by atoms with van der Waals surface area (Å²) in [5.74, 6) is -2.77. The summed E-state index contributed by atoms with van der Waals surface area (Å²) >= 11 is 6.00. The van der Waals surface area contributed by atoms with E-state index in [1.807, 2.05) is 26.0 Å². The molecule has 0 fully saturated rings. The highest BCUT2D eigenvalue weighted by Crippen LogP contribution is 2.23. The van der Waals surface area contributed by atoms with Crippen molar-refractivity contribution in [3.05, 3.63) is 102 Å². The molecule has 0 saturated heterocycles. The molecule has 0 bridgehead atoms. The summed E-state index contributed by atoms with van der Waals surface area (Å²) < 4.78 is 28.5. The summed E-state index contributed by atoms with van der Waals surface area (Å²) in [4.78, 5) is 32.8. The Hall–Kier alpha value is -3.46. The molecule has 0 saturated carbocycles. The number of carbonyl (C=O) groups excluding carboxylic acids is 2. The third kappa shape index (κ3) is 6.69. The number of fused-ring (bicyclic) bond motifs is 1. The maximum Gasteiger partial charge on any atom is 0.264 e. The van der Waals surface area contributed by atoms with Gasteiger partial charge in [0.15, 0.2) is 0 Å². The standard InChI is InChI=1S/C28H26ClN3O4S.ClH/c1-19(2)32(24-8-5-15-30-18-24)28(34)26(16-20-9-12-23(29)13-10-20)27(33)31-37(35,36)25-14-11-21-6-3-4-7-22(21)17-25;/h3-15,17-19,26H,16H2,1-2H3,(H,31,33);1H. The van der Waals surface area contributed by atoms with Crippen LogP contribution in [0.15, 0.2) is 96.2 Å². The van der Waals surface area contributed by atoms with Gasteiger partial charge in [-0.15, -0.1) is 12.4 Å². The van der Waals surface area contributed by atoms with Gasteiger partial charge in [-0.2, -0.15) is 0 Å². The fourth-order valence-corrected chi connectivity index (χ4v) is 5.27. The molecule has 38 heavy (non-hydrogen) atoms. The van der Waals surface area contributed by atoms with E-state index in [0.717, 1.165) is 5.39 Å². The fraction of sp³-hybridized carbons (Fsp3) is 0.179. The molecule has 1 aromatic heterocycles. The first kappa shape index (κ1) is 29.1. The van der Waals surface area contributed by atoms with Crippen LogP contribution in [0, 0.1) is 5.92 Å². The van der Waals surface area contributed by atoms with Crippen molar-refractivity contribution in [2.45, 2.75) is 31.2 Å². The van der Waals surface area contributed by atoms with Gasteiger partial charge in [-0.25, -0.2) is 13.1 Å². The quantitative estimate of drug-likeness (QED) is 0.285. The average Bonchev–Trinajstić information content (AvgIpc) is 2.88. The molecule has 1 N–H and O–H groups in total. The van der Waals surface area contributed by atoms with Gasteiger partial charge in [-0.1, -0.05) is 54.1 Å². The van der Waals surface area contributed by atoms with E-state index in [2.05, 4.69) is 9.71 Å². The van der Waals surface area contributed by atoms with Crippen LogP contribution in [0.25, 0.3) is 10.8 Å². The van der Waals surface area contributed by atoms with E-state index >= 15 is 0 Å². The molecule has 0 spiro atoms. The molecule has 0 aliphatic heterocycles. The lowest BCUT2D eigenvalue weighted by Crippen LogP contribution is -2.48. The second-order valence-electron chi connectivity index (χ2n) is 8.88. The maximum absolute atomic E-state index is 13.8. The van der Waals surface area contributed by atoms with Crippen LogP contribution in [0.2, 0.25) is 5.02 Å². The molecular formula is C28H27Cl2N3O4S. The van der Waals surface area contributed by atoms with Crippen molar-refractivity contribution in [2.24, 2.45) is 5.92 Å². The molecule has 0 aliphatic carbocycles. The summed E-state index contributed by atoms with van der Waals surface area (Å²) in [5.41, 5.74) is 1.17. The van der Waals surface area contributed by atoms with Crippen LogP contribution in [-0.2, 0) is 26.0 Å². The molecule has 1 heterocycles. The van der Waals surface area contributed by atoms with Gasteiger partial charge in [0.2, 0.25) is 11.8 Å². The molecule has 0 radical (unpaired) electrons. The number of halogens is 2. The van der Waals surface area contributed by atoms with Crippen LogP contribution in [-0.4, -0.2) is 31.3 Å². The highest BCUT2D eigenvalue weighted by atomic mass is 35.5. The van der Waals surface area contributed by atoms with Crippen molar-refractivity contribution in [3.63, 3.8) is 0 Å². The van der Waals surface area contributed by atoms with Gasteiger partial charge >= 0.3 is 0 Å². The Morgan fingerprint density at radius 3 is 2.26 bits per heavy atom. The summed E-state index contributed by atoms with van der Waals surface area (Å²) in [7, 11) is -4.24. The Bertz CT molecular complexity index is 1530. The van der Waals surface area contributed by atoms with Crippen molar-refractivity contribution in [3.8, 4) is 0 Å². The molecule has 10 heteroatoms. The van der Waals surface area contributed by atoms with Crippen molar-refractivity contribution >= 4 is 62.3 Å². The maximum atomic E-state index is 13.8. The lowest BCUT2D eigenvalue weighted by Gasteiger charge is -2.30. The number of aromatic nitrogens is 1. The summed E-state index contributed by atoms with van der Waals surface area (Å²) in [6.45, 7) is 3.63. The molecule has 4 aromatic rings. The second-order valence-corrected chi connectivity index (χ2v) is 11.0. The molecule has 1 unspecified atom stereocenters. The normalized spacial score (nSPS) is 12.0. The first-order valence-corrected chi connectivity index (χ1v) is 13.5. The fourth-order valence-electron chi connectivity index (χ4n) is 4.09. The zero-order chi connectivity index (χ0) is 26.6. The topological polar surface area (TPSA) is 96.4 Å². The highest BCUT2D eigenvalue weighted by Gasteiger charge is 2.35. The average molecular weight is 573 g/mol. The van der Waals surface area contributed by atoms with Crippen LogP contribution in [0.3, 0.4) is 0 Å². The summed E-state index contributed by atoms with van der Waals surface area (Å²) in [5, 5.41) is 2.09. The number of benzene rings is 3. The number of pyridine rings is 1. The van der Waals surface area contributed by atoms with Crippen LogP contribution in [0.1, 0.15) is 19.4 Å². The van der Waals surface area contributed by atoms with Crippen LogP contribution >= 0.6 is 24.0 Å². The van der Waals surface area contributed by atoms with E-state index in [1.54, 1.807) is 60.8 Å². The van der Waals surface area contributed by atoms with Crippen molar-refractivity contribution in [1.29, 1.82) is 0 Å². The van der Waals surface area contributed by atoms with Gasteiger partial charge in [0, 0.05) is 17.3 Å². The first-order chi connectivity index (χ1) is 17.7. The van der Waals surface area contributed by atoms with Crippen LogP contribution in [0.4, 0.5) is 5.69 Å². The molecular weight excluding hydrogens is 545 g/mol. The minimum absolute atomic E-state index is 0. The van der Waals surface area contributed by atoms with Gasteiger partial charge in [0.25, 0.3) is 10.0 Å². The number of rotatable bonds is 8. The second kappa shape index (κ2) is 12.4. The predicted molar refractivity (Wildman–Crippen MR) is 152 cm³/mol. The van der Waals surface area contributed by atoms with Gasteiger partial charge in [0.05, 0.1) is 16.8 Å². The molecule has 2 amide bonds. The van der Waals surface area contributed by atoms with E-state index in [4.69, 9.17) is 11.6 Å². The Labute approximate surface area is 233 Å². The lowest BCUT2D eigenvalue weighted by atomic mass is 9.96. The summed E-state index contributed by atoms with van der Waals surface area (Å²) in [6.07, 6.45) is 3.10. The number of hydrogen-bond acceptors (Lipinski definition) is 5. The largest absolute Gasteiger partial charge is 0.308 e. The van der Waals surface area contributed by atoms with Crippen LogP contribution < -0.4 is 9.62 Å². The number of nitrogens with one attached hydrogen (secondary N) is 1. The minimum atomic E-state index is -4.24. The van der Waals surface area contributed by atoms with Gasteiger partial charge in [-0.3, -0.25) is 14.6 Å². The number of nitrogens with zero attached hydrogens (tertiary/aromatic N) is 2. The Kier molecular flexibility index (Phi) is 9.49. The predicted octanol–water partition coefficient (Wildman–Crippen LogP) is 5.42. The molecule has 3 aromatic carbocycles. The number of amides is 2. The number of sulfonamides is 1. The van der Waals surface area contributed by atoms with E-state index in [9.17, 15) is 18.0 Å². The summed E-state index contributed by atoms with van der Waals surface area (Å²) in [6, 6.07) is 21.7. The Morgan fingerprint density at radius 1 is 0.947 bits per heavy atom. The minimum Gasteiger partial charge on any atom is -0.308 e. The molecule has 7 nitrogen and oxygen atoms in total. The SMILES string of the molecule is CC(C)N(C(=O)C(Cc1ccc(Cl)cc1)C(=O)NS(=O)(=O)c1ccc2ccccc2c1)c1cccnc1.Cl. The smallest absolute Gasteiger partial charge is 0.264 e. The third-order valence-electron chi connectivity index (χ3n) is 5.91. The molecule has 198 valence electrons. The van der Waals surface area contributed by atoms with E-state index in [0.29, 0.717) is 21.7 Å². The van der Waals surface area contributed by atoms with E-state index in [-0.39, 0.29) is 29.8 Å². The molecule has 1 atom stereocenters. The first-order valence-electron chi connectivity index (χ1n) is 11.7. The highest BCUT2D eigenvalue weighted by molar-refractivity contribution is 7.90. The number of carbonyl (C=O) groups is 2. The molecule has 4 rings (SSSR count). The van der Waals surface area contributed by atoms with Crippen molar-refractivity contribution < 1.29 is 18.0 Å². The van der Waals surface area contributed by atoms with Crippen molar-refractivity contribution in [1.82, 2.24) is 9.71 Å². The van der Waals surface area contributed by atoms with E-state index < -0.39 is 27.8 Å². The monoisotopic (exact) mass is 571 g/mol. The number of anilines is 1.